The Morgan fingerprint density at radius 3 is 2.71 bits per heavy atom. The van der Waals surface area contributed by atoms with E-state index in [0.29, 0.717) is 11.5 Å². The fraction of sp³-hybridized carbons (Fsp3) is 0.600. The number of rotatable bonds is 2. The van der Waals surface area contributed by atoms with Crippen LogP contribution in [0.5, 0.6) is 0 Å². The number of para-hydroxylation sites is 1. The van der Waals surface area contributed by atoms with Crippen molar-refractivity contribution in [2.45, 2.75) is 44.1 Å². The zero-order valence-electron chi connectivity index (χ0n) is 10.7. The van der Waals surface area contributed by atoms with Crippen LogP contribution in [0.15, 0.2) is 24.3 Å². The molecule has 3 rings (SSSR count). The Hall–Kier alpha value is -1.02. The van der Waals surface area contributed by atoms with Crippen LogP contribution in [0.4, 0.5) is 5.69 Å². The lowest BCUT2D eigenvalue weighted by Gasteiger charge is -2.51. The van der Waals surface area contributed by atoms with Gasteiger partial charge in [0.25, 0.3) is 0 Å². The zero-order valence-corrected chi connectivity index (χ0v) is 10.7. The molecule has 1 aromatic carbocycles. The number of hydrogen-bond donors (Lipinski definition) is 1. The predicted octanol–water partition coefficient (Wildman–Crippen LogP) is 2.67. The molecule has 1 heterocycles. The molecule has 0 amide bonds. The summed E-state index contributed by atoms with van der Waals surface area (Å²) < 4.78 is 0. The minimum Gasteiger partial charge on any atom is -0.367 e. The Balaban J connectivity index is 2.01. The largest absolute Gasteiger partial charge is 0.367 e. The SMILES string of the molecule is C[C@@H](CN)N1CCC2(CCC2)c2ccccc21. The molecular formula is C15H22N2. The maximum absolute atomic E-state index is 5.83. The van der Waals surface area contributed by atoms with E-state index in [9.17, 15) is 0 Å². The Bertz CT molecular complexity index is 409. The van der Waals surface area contributed by atoms with Crippen LogP contribution in [-0.2, 0) is 5.41 Å². The van der Waals surface area contributed by atoms with Gasteiger partial charge in [0.15, 0.2) is 0 Å². The lowest BCUT2D eigenvalue weighted by atomic mass is 9.60. The number of nitrogens with two attached hydrogens (primary N) is 1. The third kappa shape index (κ3) is 1.58. The molecule has 2 N–H and O–H groups in total. The van der Waals surface area contributed by atoms with E-state index in [1.165, 1.54) is 37.9 Å². The topological polar surface area (TPSA) is 29.3 Å². The van der Waals surface area contributed by atoms with E-state index >= 15 is 0 Å². The summed E-state index contributed by atoms with van der Waals surface area (Å²) in [6, 6.07) is 9.42. The van der Waals surface area contributed by atoms with Gasteiger partial charge in [-0.2, -0.15) is 0 Å². The van der Waals surface area contributed by atoms with Gasteiger partial charge in [0, 0.05) is 24.8 Å². The average Bonchev–Trinajstić information content (AvgIpc) is 2.34. The molecule has 1 spiro atoms. The molecule has 17 heavy (non-hydrogen) atoms. The monoisotopic (exact) mass is 230 g/mol. The van der Waals surface area contributed by atoms with Gasteiger partial charge >= 0.3 is 0 Å². The zero-order chi connectivity index (χ0) is 11.9. The number of anilines is 1. The van der Waals surface area contributed by atoms with Crippen molar-refractivity contribution >= 4 is 5.69 Å². The maximum Gasteiger partial charge on any atom is 0.0407 e. The summed E-state index contributed by atoms with van der Waals surface area (Å²) in [5.74, 6) is 0. The van der Waals surface area contributed by atoms with Gasteiger partial charge in [-0.05, 0) is 43.2 Å². The van der Waals surface area contributed by atoms with Gasteiger partial charge < -0.3 is 10.6 Å². The second-order valence-corrected chi connectivity index (χ2v) is 5.68. The van der Waals surface area contributed by atoms with Crippen molar-refractivity contribution in [1.29, 1.82) is 0 Å². The summed E-state index contributed by atoms with van der Waals surface area (Å²) in [7, 11) is 0. The fourth-order valence-corrected chi connectivity index (χ4v) is 3.47. The van der Waals surface area contributed by atoms with E-state index < -0.39 is 0 Å². The molecule has 92 valence electrons. The fourth-order valence-electron chi connectivity index (χ4n) is 3.47. The smallest absolute Gasteiger partial charge is 0.0407 e. The van der Waals surface area contributed by atoms with Crippen molar-refractivity contribution in [2.24, 2.45) is 5.73 Å². The highest BCUT2D eigenvalue weighted by molar-refractivity contribution is 5.60. The van der Waals surface area contributed by atoms with Crippen molar-refractivity contribution in [3.05, 3.63) is 29.8 Å². The quantitative estimate of drug-likeness (QED) is 0.846. The molecular weight excluding hydrogens is 208 g/mol. The molecule has 1 aliphatic carbocycles. The van der Waals surface area contributed by atoms with Crippen LogP contribution in [0, 0.1) is 0 Å². The highest BCUT2D eigenvalue weighted by atomic mass is 15.2. The molecule has 2 heteroatoms. The summed E-state index contributed by atoms with van der Waals surface area (Å²) in [5, 5.41) is 0. The van der Waals surface area contributed by atoms with Crippen LogP contribution in [-0.4, -0.2) is 19.1 Å². The highest BCUT2D eigenvalue weighted by Crippen LogP contribution is 2.52. The standard InChI is InChI=1S/C15H22N2/c1-12(11-16)17-10-9-15(7-4-8-15)13-5-2-3-6-14(13)17/h2-3,5-6,12H,4,7-11,16H2,1H3/t12-/m0/s1. The van der Waals surface area contributed by atoms with Crippen molar-refractivity contribution in [1.82, 2.24) is 0 Å². The second-order valence-electron chi connectivity index (χ2n) is 5.68. The van der Waals surface area contributed by atoms with Gasteiger partial charge in [-0.25, -0.2) is 0 Å². The summed E-state index contributed by atoms with van der Waals surface area (Å²) in [6.45, 7) is 4.15. The van der Waals surface area contributed by atoms with Crippen LogP contribution in [0.25, 0.3) is 0 Å². The highest BCUT2D eigenvalue weighted by Gasteiger charge is 2.43. The van der Waals surface area contributed by atoms with Crippen LogP contribution in [0.3, 0.4) is 0 Å². The van der Waals surface area contributed by atoms with E-state index in [4.69, 9.17) is 5.73 Å². The lowest BCUT2D eigenvalue weighted by molar-refractivity contribution is 0.217. The first-order valence-electron chi connectivity index (χ1n) is 6.83. The van der Waals surface area contributed by atoms with Gasteiger partial charge in [0.2, 0.25) is 0 Å². The molecule has 1 saturated carbocycles. The van der Waals surface area contributed by atoms with Crippen molar-refractivity contribution in [2.75, 3.05) is 18.0 Å². The van der Waals surface area contributed by atoms with Crippen molar-refractivity contribution in [3.8, 4) is 0 Å². The predicted molar refractivity (Wildman–Crippen MR) is 72.5 cm³/mol. The van der Waals surface area contributed by atoms with Crippen molar-refractivity contribution in [3.63, 3.8) is 0 Å². The molecule has 0 saturated heterocycles. The van der Waals surface area contributed by atoms with Gasteiger partial charge in [-0.1, -0.05) is 24.6 Å². The van der Waals surface area contributed by atoms with E-state index in [-0.39, 0.29) is 0 Å². The second kappa shape index (κ2) is 4.02. The molecule has 1 fully saturated rings. The van der Waals surface area contributed by atoms with Crippen LogP contribution >= 0.6 is 0 Å². The molecule has 0 aromatic heterocycles. The molecule has 2 aliphatic rings. The van der Waals surface area contributed by atoms with E-state index in [0.717, 1.165) is 6.54 Å². The molecule has 1 aliphatic heterocycles. The first kappa shape index (κ1) is 11.1. The summed E-state index contributed by atoms with van der Waals surface area (Å²) >= 11 is 0. The molecule has 2 nitrogen and oxygen atoms in total. The average molecular weight is 230 g/mol. The maximum atomic E-state index is 5.83. The lowest BCUT2D eigenvalue weighted by Crippen LogP contribution is -2.49. The number of hydrogen-bond acceptors (Lipinski definition) is 2. The normalized spacial score (nSPS) is 23.1. The first-order valence-corrected chi connectivity index (χ1v) is 6.83. The number of nitrogens with zero attached hydrogens (tertiary/aromatic N) is 1. The molecule has 0 unspecified atom stereocenters. The first-order chi connectivity index (χ1) is 8.27. The van der Waals surface area contributed by atoms with E-state index in [2.05, 4.69) is 36.1 Å². The Kier molecular flexibility index (Phi) is 2.62. The summed E-state index contributed by atoms with van der Waals surface area (Å²) in [5.41, 5.74) is 9.37. The van der Waals surface area contributed by atoms with Gasteiger partial charge in [0.05, 0.1) is 0 Å². The number of benzene rings is 1. The minimum absolute atomic E-state index is 0.452. The molecule has 1 atom stereocenters. The van der Waals surface area contributed by atoms with E-state index in [1.807, 2.05) is 0 Å². The Morgan fingerprint density at radius 1 is 1.29 bits per heavy atom. The third-order valence-electron chi connectivity index (χ3n) is 4.80. The van der Waals surface area contributed by atoms with Gasteiger partial charge in [-0.3, -0.25) is 0 Å². The molecule has 0 bridgehead atoms. The third-order valence-corrected chi connectivity index (χ3v) is 4.80. The van der Waals surface area contributed by atoms with Crippen LogP contribution in [0.2, 0.25) is 0 Å². The Morgan fingerprint density at radius 2 is 2.06 bits per heavy atom. The summed E-state index contributed by atoms with van der Waals surface area (Å²) in [6.07, 6.45) is 5.48. The van der Waals surface area contributed by atoms with E-state index in [1.54, 1.807) is 5.56 Å². The van der Waals surface area contributed by atoms with Crippen LogP contribution < -0.4 is 10.6 Å². The van der Waals surface area contributed by atoms with Crippen molar-refractivity contribution < 1.29 is 0 Å². The summed E-state index contributed by atoms with van der Waals surface area (Å²) in [4.78, 5) is 2.50. The number of fused-ring (bicyclic) bond motifs is 2. The molecule has 1 aromatic rings. The minimum atomic E-state index is 0.452. The van der Waals surface area contributed by atoms with Gasteiger partial charge in [-0.15, -0.1) is 0 Å². The van der Waals surface area contributed by atoms with Gasteiger partial charge in [0.1, 0.15) is 0 Å². The van der Waals surface area contributed by atoms with Crippen LogP contribution in [0.1, 0.15) is 38.2 Å². The molecule has 0 radical (unpaired) electrons. The Labute approximate surface area is 104 Å².